The van der Waals surface area contributed by atoms with Gasteiger partial charge in [0.2, 0.25) is 0 Å². The molecule has 14 heavy (non-hydrogen) atoms. The molecule has 5 heteroatoms. The Labute approximate surface area is 83.7 Å². The summed E-state index contributed by atoms with van der Waals surface area (Å²) in [6.07, 6.45) is -2.58. The minimum absolute atomic E-state index is 0.280. The smallest absolute Gasteiger partial charge is 0.173 e. The van der Waals surface area contributed by atoms with Crippen molar-refractivity contribution in [1.82, 2.24) is 5.32 Å². The van der Waals surface area contributed by atoms with E-state index in [0.29, 0.717) is 12.5 Å². The van der Waals surface area contributed by atoms with Gasteiger partial charge >= 0.3 is 0 Å². The van der Waals surface area contributed by atoms with Gasteiger partial charge in [0.05, 0.1) is 12.6 Å². The second-order valence-electron chi connectivity index (χ2n) is 4.07. The zero-order valence-corrected chi connectivity index (χ0v) is 8.55. The Morgan fingerprint density at radius 3 is 2.43 bits per heavy atom. The van der Waals surface area contributed by atoms with Gasteiger partial charge < -0.3 is 25.4 Å². The summed E-state index contributed by atoms with van der Waals surface area (Å²) in [5, 5.41) is 30.9. The third kappa shape index (κ3) is 2.65. The fourth-order valence-corrected chi connectivity index (χ4v) is 1.49. The number of ether oxygens (including phenoxy) is 1. The van der Waals surface area contributed by atoms with Crippen LogP contribution in [0.4, 0.5) is 0 Å². The highest BCUT2D eigenvalue weighted by Gasteiger charge is 2.42. The third-order valence-corrected chi connectivity index (χ3v) is 2.31. The van der Waals surface area contributed by atoms with Crippen molar-refractivity contribution in [3.05, 3.63) is 0 Å². The average Bonchev–Trinajstić information content (AvgIpc) is 2.39. The summed E-state index contributed by atoms with van der Waals surface area (Å²) in [5.74, 6) is 0.433. The summed E-state index contributed by atoms with van der Waals surface area (Å²) >= 11 is 0. The van der Waals surface area contributed by atoms with E-state index in [1.54, 1.807) is 0 Å². The number of aliphatic hydroxyl groups is 3. The molecular weight excluding hydrogens is 186 g/mol. The van der Waals surface area contributed by atoms with Crippen molar-refractivity contribution in [1.29, 1.82) is 0 Å². The first-order valence-corrected chi connectivity index (χ1v) is 4.92. The van der Waals surface area contributed by atoms with Crippen molar-refractivity contribution in [3.8, 4) is 0 Å². The first-order chi connectivity index (χ1) is 6.56. The summed E-state index contributed by atoms with van der Waals surface area (Å²) in [4.78, 5) is 0. The van der Waals surface area contributed by atoms with Gasteiger partial charge in [-0.3, -0.25) is 0 Å². The van der Waals surface area contributed by atoms with Gasteiger partial charge in [-0.15, -0.1) is 0 Å². The molecule has 1 aliphatic rings. The highest BCUT2D eigenvalue weighted by Crippen LogP contribution is 2.19. The van der Waals surface area contributed by atoms with Gasteiger partial charge in [-0.05, 0) is 12.5 Å². The highest BCUT2D eigenvalue weighted by molar-refractivity contribution is 4.90. The van der Waals surface area contributed by atoms with Crippen molar-refractivity contribution >= 4 is 0 Å². The van der Waals surface area contributed by atoms with Crippen LogP contribution >= 0.6 is 0 Å². The average molecular weight is 205 g/mol. The van der Waals surface area contributed by atoms with Crippen molar-refractivity contribution in [2.24, 2.45) is 5.92 Å². The van der Waals surface area contributed by atoms with Crippen LogP contribution in [0.2, 0.25) is 0 Å². The van der Waals surface area contributed by atoms with Crippen molar-refractivity contribution < 1.29 is 20.1 Å². The van der Waals surface area contributed by atoms with E-state index in [2.05, 4.69) is 5.32 Å². The Bertz CT molecular complexity index is 176. The Kier molecular flexibility index (Phi) is 4.28. The zero-order chi connectivity index (χ0) is 10.7. The molecule has 0 saturated carbocycles. The molecule has 0 aromatic carbocycles. The number of rotatable bonds is 4. The van der Waals surface area contributed by atoms with E-state index >= 15 is 0 Å². The molecule has 1 rings (SSSR count). The maximum atomic E-state index is 9.62. The predicted molar refractivity (Wildman–Crippen MR) is 50.6 cm³/mol. The van der Waals surface area contributed by atoms with Gasteiger partial charge in [0.25, 0.3) is 0 Å². The van der Waals surface area contributed by atoms with Crippen molar-refractivity contribution in [3.63, 3.8) is 0 Å². The van der Waals surface area contributed by atoms with E-state index in [1.165, 1.54) is 0 Å². The third-order valence-electron chi connectivity index (χ3n) is 2.31. The largest absolute Gasteiger partial charge is 0.394 e. The first kappa shape index (κ1) is 11.9. The SMILES string of the molecule is CC(C)CN[C@H]1[C@@H](O)[C@@H](CO)O[C@@H]1O. The van der Waals surface area contributed by atoms with Crippen LogP contribution in [0.5, 0.6) is 0 Å². The molecule has 1 saturated heterocycles. The van der Waals surface area contributed by atoms with E-state index in [-0.39, 0.29) is 6.61 Å². The van der Waals surface area contributed by atoms with E-state index in [1.807, 2.05) is 13.8 Å². The summed E-state index contributed by atoms with van der Waals surface area (Å²) in [6.45, 7) is 4.48. The molecule has 0 aromatic rings. The molecule has 0 aliphatic carbocycles. The van der Waals surface area contributed by atoms with Gasteiger partial charge in [0.1, 0.15) is 12.2 Å². The maximum Gasteiger partial charge on any atom is 0.173 e. The Hall–Kier alpha value is -0.200. The first-order valence-electron chi connectivity index (χ1n) is 4.92. The number of hydrogen-bond acceptors (Lipinski definition) is 5. The summed E-state index contributed by atoms with van der Waals surface area (Å²) < 4.78 is 4.96. The van der Waals surface area contributed by atoms with Crippen LogP contribution in [-0.4, -0.2) is 53.0 Å². The highest BCUT2D eigenvalue weighted by atomic mass is 16.6. The minimum atomic E-state index is -1.04. The second-order valence-corrected chi connectivity index (χ2v) is 4.07. The number of hydrogen-bond donors (Lipinski definition) is 4. The molecule has 0 unspecified atom stereocenters. The van der Waals surface area contributed by atoms with Crippen LogP contribution in [0.3, 0.4) is 0 Å². The normalized spacial score (nSPS) is 38.1. The molecule has 1 fully saturated rings. The Morgan fingerprint density at radius 2 is 2.00 bits per heavy atom. The zero-order valence-electron chi connectivity index (χ0n) is 8.55. The number of nitrogens with one attached hydrogen (secondary N) is 1. The van der Waals surface area contributed by atoms with Gasteiger partial charge in [0, 0.05) is 0 Å². The summed E-state index contributed by atoms with van der Waals surface area (Å²) in [7, 11) is 0. The molecule has 4 atom stereocenters. The van der Waals surface area contributed by atoms with Crippen LogP contribution in [0, 0.1) is 5.92 Å². The molecule has 0 amide bonds. The van der Waals surface area contributed by atoms with E-state index < -0.39 is 24.5 Å². The van der Waals surface area contributed by atoms with E-state index in [9.17, 15) is 10.2 Å². The lowest BCUT2D eigenvalue weighted by Gasteiger charge is -2.19. The lowest BCUT2D eigenvalue weighted by Crippen LogP contribution is -2.46. The van der Waals surface area contributed by atoms with Gasteiger partial charge in [-0.1, -0.05) is 13.8 Å². The fourth-order valence-electron chi connectivity index (χ4n) is 1.49. The quantitative estimate of drug-likeness (QED) is 0.457. The molecular formula is C9H19NO4. The number of aliphatic hydroxyl groups excluding tert-OH is 3. The molecule has 4 N–H and O–H groups in total. The molecule has 0 bridgehead atoms. The van der Waals surface area contributed by atoms with E-state index in [0.717, 1.165) is 0 Å². The molecule has 1 heterocycles. The topological polar surface area (TPSA) is 82.0 Å². The van der Waals surface area contributed by atoms with Gasteiger partial charge in [-0.2, -0.15) is 0 Å². The van der Waals surface area contributed by atoms with Crippen LogP contribution < -0.4 is 5.32 Å². The van der Waals surface area contributed by atoms with Crippen LogP contribution in [0.1, 0.15) is 13.8 Å². The maximum absolute atomic E-state index is 9.62. The van der Waals surface area contributed by atoms with Crippen molar-refractivity contribution in [2.75, 3.05) is 13.2 Å². The molecule has 0 aromatic heterocycles. The van der Waals surface area contributed by atoms with Crippen molar-refractivity contribution in [2.45, 2.75) is 38.4 Å². The lowest BCUT2D eigenvalue weighted by atomic mass is 10.1. The molecule has 0 radical (unpaired) electrons. The summed E-state index contributed by atoms with van der Waals surface area (Å²) in [6, 6.07) is -0.505. The second kappa shape index (κ2) is 5.04. The predicted octanol–water partition coefficient (Wildman–Crippen LogP) is -1.33. The Morgan fingerprint density at radius 1 is 1.36 bits per heavy atom. The van der Waals surface area contributed by atoms with Gasteiger partial charge in [-0.25, -0.2) is 0 Å². The molecule has 5 nitrogen and oxygen atoms in total. The van der Waals surface area contributed by atoms with Crippen LogP contribution in [-0.2, 0) is 4.74 Å². The standard InChI is InChI=1S/C9H19NO4/c1-5(2)3-10-7-8(12)6(4-11)14-9(7)13/h5-13H,3-4H2,1-2H3/t6-,7+,8+,9+/m1/s1. The summed E-state index contributed by atoms with van der Waals surface area (Å²) in [5.41, 5.74) is 0. The molecule has 84 valence electrons. The lowest BCUT2D eigenvalue weighted by molar-refractivity contribution is -0.112. The molecule has 1 aliphatic heterocycles. The van der Waals surface area contributed by atoms with Gasteiger partial charge in [0.15, 0.2) is 6.29 Å². The van der Waals surface area contributed by atoms with Crippen LogP contribution in [0.15, 0.2) is 0 Å². The van der Waals surface area contributed by atoms with Crippen LogP contribution in [0.25, 0.3) is 0 Å². The molecule has 0 spiro atoms. The fraction of sp³-hybridized carbons (Fsp3) is 1.00. The van der Waals surface area contributed by atoms with E-state index in [4.69, 9.17) is 9.84 Å². The Balaban J connectivity index is 2.43. The monoisotopic (exact) mass is 205 g/mol. The minimum Gasteiger partial charge on any atom is -0.394 e.